The summed E-state index contributed by atoms with van der Waals surface area (Å²) in [6.07, 6.45) is 3.82. The van der Waals surface area contributed by atoms with Gasteiger partial charge in [-0.15, -0.1) is 0 Å². The summed E-state index contributed by atoms with van der Waals surface area (Å²) in [5.74, 6) is 0.336. The molecule has 116 valence electrons. The average Bonchev–Trinajstić information content (AvgIpc) is 2.43. The molecule has 0 unspecified atom stereocenters. The number of likely N-dealkylation sites (N-methyl/N-ethyl adjacent to an activating group) is 1. The van der Waals surface area contributed by atoms with Crippen LogP contribution in [0.3, 0.4) is 0 Å². The second kappa shape index (κ2) is 6.45. The van der Waals surface area contributed by atoms with Gasteiger partial charge in [0.2, 0.25) is 0 Å². The molecule has 0 heterocycles. The van der Waals surface area contributed by atoms with Gasteiger partial charge in [0, 0.05) is 17.0 Å². The number of halogens is 2. The Morgan fingerprint density at radius 3 is 2.52 bits per heavy atom. The first-order valence-electron chi connectivity index (χ1n) is 7.50. The summed E-state index contributed by atoms with van der Waals surface area (Å²) in [4.78, 5) is 14.9. The van der Waals surface area contributed by atoms with Gasteiger partial charge in [-0.1, -0.05) is 24.6 Å². The highest BCUT2D eigenvalue weighted by molar-refractivity contribution is 6.31. The summed E-state index contributed by atoms with van der Waals surface area (Å²) in [5, 5.41) is 0.335. The number of ketones is 1. The van der Waals surface area contributed by atoms with Crippen molar-refractivity contribution in [1.82, 2.24) is 4.90 Å². The van der Waals surface area contributed by atoms with Gasteiger partial charge in [-0.25, -0.2) is 4.39 Å². The van der Waals surface area contributed by atoms with Crippen molar-refractivity contribution in [1.29, 1.82) is 0 Å². The Morgan fingerprint density at radius 2 is 2.00 bits per heavy atom. The van der Waals surface area contributed by atoms with E-state index in [1.54, 1.807) is 12.1 Å². The Labute approximate surface area is 131 Å². The highest BCUT2D eigenvalue weighted by Crippen LogP contribution is 2.37. The van der Waals surface area contributed by atoms with Gasteiger partial charge in [0.1, 0.15) is 5.82 Å². The molecule has 0 aromatic heterocycles. The van der Waals surface area contributed by atoms with E-state index in [2.05, 4.69) is 6.92 Å². The SMILES string of the molecule is CC1CCC(C(=O)Cc2c(F)cccc2Cl)(N(C)C)CC1. The van der Waals surface area contributed by atoms with Crippen molar-refractivity contribution >= 4 is 17.4 Å². The zero-order valence-corrected chi connectivity index (χ0v) is 13.7. The molecular formula is C17H23ClFNO. The number of carbonyl (C=O) groups excluding carboxylic acids is 1. The van der Waals surface area contributed by atoms with Gasteiger partial charge in [0.05, 0.1) is 5.54 Å². The number of benzene rings is 1. The van der Waals surface area contributed by atoms with E-state index in [1.807, 2.05) is 19.0 Å². The van der Waals surface area contributed by atoms with Crippen molar-refractivity contribution < 1.29 is 9.18 Å². The van der Waals surface area contributed by atoms with E-state index in [-0.39, 0.29) is 12.2 Å². The highest BCUT2D eigenvalue weighted by Gasteiger charge is 2.42. The molecule has 0 radical (unpaired) electrons. The molecule has 1 saturated carbocycles. The van der Waals surface area contributed by atoms with E-state index in [9.17, 15) is 9.18 Å². The first-order chi connectivity index (χ1) is 9.86. The van der Waals surface area contributed by atoms with Crippen LogP contribution in [0, 0.1) is 11.7 Å². The summed E-state index contributed by atoms with van der Waals surface area (Å²) in [6.45, 7) is 2.22. The van der Waals surface area contributed by atoms with Gasteiger partial charge in [0.25, 0.3) is 0 Å². The van der Waals surface area contributed by atoms with Crippen LogP contribution in [0.5, 0.6) is 0 Å². The molecule has 0 aliphatic heterocycles. The maximum Gasteiger partial charge on any atom is 0.157 e. The summed E-state index contributed by atoms with van der Waals surface area (Å²) in [7, 11) is 3.88. The van der Waals surface area contributed by atoms with E-state index in [0.29, 0.717) is 16.5 Å². The van der Waals surface area contributed by atoms with E-state index in [4.69, 9.17) is 11.6 Å². The third-order valence-corrected chi connectivity index (χ3v) is 5.23. The maximum absolute atomic E-state index is 13.9. The number of Topliss-reactive ketones (excluding diaryl/α,β-unsaturated/α-hetero) is 1. The topological polar surface area (TPSA) is 20.3 Å². The van der Waals surface area contributed by atoms with Crippen LogP contribution in [-0.2, 0) is 11.2 Å². The molecule has 0 bridgehead atoms. The molecule has 2 rings (SSSR count). The molecule has 0 N–H and O–H groups in total. The normalized spacial score (nSPS) is 26.1. The van der Waals surface area contributed by atoms with Crippen LogP contribution in [-0.4, -0.2) is 30.3 Å². The molecule has 1 aromatic carbocycles. The van der Waals surface area contributed by atoms with E-state index >= 15 is 0 Å². The minimum absolute atomic E-state index is 0.0675. The van der Waals surface area contributed by atoms with Crippen LogP contribution >= 0.6 is 11.6 Å². The Hall–Kier alpha value is -0.930. The molecule has 21 heavy (non-hydrogen) atoms. The molecule has 4 heteroatoms. The third kappa shape index (κ3) is 3.29. The van der Waals surface area contributed by atoms with Crippen LogP contribution in [0.25, 0.3) is 0 Å². The first kappa shape index (κ1) is 16.4. The zero-order valence-electron chi connectivity index (χ0n) is 13.0. The van der Waals surface area contributed by atoms with Crippen LogP contribution < -0.4 is 0 Å². The van der Waals surface area contributed by atoms with Crippen molar-refractivity contribution in [2.24, 2.45) is 5.92 Å². The fourth-order valence-corrected chi connectivity index (χ4v) is 3.47. The van der Waals surface area contributed by atoms with Crippen molar-refractivity contribution in [3.05, 3.63) is 34.6 Å². The lowest BCUT2D eigenvalue weighted by atomic mass is 9.72. The lowest BCUT2D eigenvalue weighted by Crippen LogP contribution is -2.53. The summed E-state index contributed by atoms with van der Waals surface area (Å²) in [5.41, 5.74) is -0.151. The summed E-state index contributed by atoms with van der Waals surface area (Å²) >= 11 is 6.05. The predicted octanol–water partition coefficient (Wildman–Crippen LogP) is 4.10. The fourth-order valence-electron chi connectivity index (χ4n) is 3.24. The average molecular weight is 312 g/mol. The van der Waals surface area contributed by atoms with Crippen LogP contribution in [0.1, 0.15) is 38.2 Å². The number of nitrogens with zero attached hydrogens (tertiary/aromatic N) is 1. The van der Waals surface area contributed by atoms with Gasteiger partial charge < -0.3 is 0 Å². The third-order valence-electron chi connectivity index (χ3n) is 4.88. The van der Waals surface area contributed by atoms with Gasteiger partial charge in [-0.05, 0) is 57.8 Å². The van der Waals surface area contributed by atoms with Gasteiger partial charge in [-0.2, -0.15) is 0 Å². The van der Waals surface area contributed by atoms with Crippen molar-refractivity contribution in [3.8, 4) is 0 Å². The second-order valence-corrected chi connectivity index (χ2v) is 6.82. The molecule has 0 amide bonds. The molecule has 1 fully saturated rings. The van der Waals surface area contributed by atoms with Gasteiger partial charge in [-0.3, -0.25) is 9.69 Å². The highest BCUT2D eigenvalue weighted by atomic mass is 35.5. The number of hydrogen-bond acceptors (Lipinski definition) is 2. The molecular weight excluding hydrogens is 289 g/mol. The Balaban J connectivity index is 2.24. The molecule has 0 spiro atoms. The monoisotopic (exact) mass is 311 g/mol. The molecule has 1 aliphatic carbocycles. The Kier molecular flexibility index (Phi) is 5.05. The molecule has 1 aliphatic rings. The van der Waals surface area contributed by atoms with Crippen molar-refractivity contribution in [3.63, 3.8) is 0 Å². The Morgan fingerprint density at radius 1 is 1.38 bits per heavy atom. The fraction of sp³-hybridized carbons (Fsp3) is 0.588. The molecule has 0 saturated heterocycles. The minimum atomic E-state index is -0.474. The quantitative estimate of drug-likeness (QED) is 0.834. The largest absolute Gasteiger partial charge is 0.297 e. The van der Waals surface area contributed by atoms with Crippen LogP contribution in [0.2, 0.25) is 5.02 Å². The van der Waals surface area contributed by atoms with Crippen LogP contribution in [0.4, 0.5) is 4.39 Å². The maximum atomic E-state index is 13.9. The van der Waals surface area contributed by atoms with Crippen LogP contribution in [0.15, 0.2) is 18.2 Å². The van der Waals surface area contributed by atoms with Gasteiger partial charge >= 0.3 is 0 Å². The molecule has 2 nitrogen and oxygen atoms in total. The predicted molar refractivity (Wildman–Crippen MR) is 84.2 cm³/mol. The van der Waals surface area contributed by atoms with Crippen molar-refractivity contribution in [2.75, 3.05) is 14.1 Å². The standard InChI is InChI=1S/C17H23ClFNO/c1-12-7-9-17(10-8-12,20(2)3)16(21)11-13-14(18)5-4-6-15(13)19/h4-6,12H,7-11H2,1-3H3. The second-order valence-electron chi connectivity index (χ2n) is 6.41. The summed E-state index contributed by atoms with van der Waals surface area (Å²) in [6, 6.07) is 4.56. The van der Waals surface area contributed by atoms with E-state index < -0.39 is 11.4 Å². The molecule has 0 atom stereocenters. The van der Waals surface area contributed by atoms with E-state index in [0.717, 1.165) is 25.7 Å². The zero-order chi connectivity index (χ0) is 15.6. The minimum Gasteiger partial charge on any atom is -0.297 e. The van der Waals surface area contributed by atoms with E-state index in [1.165, 1.54) is 6.07 Å². The Bertz CT molecular complexity index is 501. The number of rotatable bonds is 4. The first-order valence-corrected chi connectivity index (χ1v) is 7.88. The lowest BCUT2D eigenvalue weighted by Gasteiger charge is -2.43. The number of hydrogen-bond donors (Lipinski definition) is 0. The molecule has 1 aromatic rings. The number of carbonyl (C=O) groups is 1. The smallest absolute Gasteiger partial charge is 0.157 e. The van der Waals surface area contributed by atoms with Crippen molar-refractivity contribution in [2.45, 2.75) is 44.6 Å². The van der Waals surface area contributed by atoms with Gasteiger partial charge in [0.15, 0.2) is 5.78 Å². The lowest BCUT2D eigenvalue weighted by molar-refractivity contribution is -0.131. The summed E-state index contributed by atoms with van der Waals surface area (Å²) < 4.78 is 13.9.